The van der Waals surface area contributed by atoms with Crippen molar-refractivity contribution < 1.29 is 14.7 Å². The fourth-order valence-electron chi connectivity index (χ4n) is 2.72. The van der Waals surface area contributed by atoms with E-state index in [2.05, 4.69) is 10.3 Å². The normalized spacial score (nSPS) is 12.1. The Morgan fingerprint density at radius 3 is 2.67 bits per heavy atom. The number of halogens is 1. The summed E-state index contributed by atoms with van der Waals surface area (Å²) in [6, 6.07) is 4.31. The van der Waals surface area contributed by atoms with E-state index < -0.39 is 23.5 Å². The van der Waals surface area contributed by atoms with Gasteiger partial charge in [-0.1, -0.05) is 17.7 Å². The summed E-state index contributed by atoms with van der Waals surface area (Å²) in [6.07, 6.45) is 1.27. The molecule has 3 aromatic rings. The molecule has 0 fully saturated rings. The van der Waals surface area contributed by atoms with E-state index >= 15 is 0 Å². The zero-order valence-corrected chi connectivity index (χ0v) is 16.3. The van der Waals surface area contributed by atoms with E-state index in [9.17, 15) is 19.5 Å². The molecule has 7 nitrogen and oxygen atoms in total. The zero-order chi connectivity index (χ0) is 19.9. The SMILES string of the molecule is Cc1c(Cl)cccc1NC(=O)C(C)n1cnc2sc(C(=O)O)c(C)c2c1=O. The van der Waals surface area contributed by atoms with Gasteiger partial charge in [-0.2, -0.15) is 0 Å². The number of aryl methyl sites for hydroxylation is 1. The Labute approximate surface area is 163 Å². The molecule has 1 atom stereocenters. The van der Waals surface area contributed by atoms with Crippen molar-refractivity contribution in [3.8, 4) is 0 Å². The van der Waals surface area contributed by atoms with E-state index in [1.54, 1.807) is 39.0 Å². The number of carbonyl (C=O) groups excluding carboxylic acids is 1. The number of anilines is 1. The number of thiophene rings is 1. The highest BCUT2D eigenvalue weighted by Crippen LogP contribution is 2.27. The van der Waals surface area contributed by atoms with Gasteiger partial charge >= 0.3 is 5.97 Å². The predicted octanol–water partition coefficient (Wildman–Crippen LogP) is 3.63. The molecule has 0 saturated heterocycles. The number of carbonyl (C=O) groups is 2. The van der Waals surface area contributed by atoms with Gasteiger partial charge in [0.1, 0.15) is 15.7 Å². The third-order valence-electron chi connectivity index (χ3n) is 4.39. The maximum absolute atomic E-state index is 12.8. The molecule has 3 rings (SSSR count). The summed E-state index contributed by atoms with van der Waals surface area (Å²) in [5.74, 6) is -1.52. The average molecular weight is 406 g/mol. The van der Waals surface area contributed by atoms with Crippen molar-refractivity contribution in [2.45, 2.75) is 26.8 Å². The second kappa shape index (κ2) is 7.13. The number of benzene rings is 1. The first kappa shape index (κ1) is 19.1. The van der Waals surface area contributed by atoms with Crippen molar-refractivity contribution in [3.63, 3.8) is 0 Å². The Morgan fingerprint density at radius 2 is 2.00 bits per heavy atom. The van der Waals surface area contributed by atoms with E-state index in [1.165, 1.54) is 10.9 Å². The van der Waals surface area contributed by atoms with E-state index in [4.69, 9.17) is 11.6 Å². The maximum Gasteiger partial charge on any atom is 0.346 e. The third kappa shape index (κ3) is 3.33. The molecule has 0 aliphatic rings. The number of aromatic carboxylic acids is 1. The van der Waals surface area contributed by atoms with Crippen molar-refractivity contribution in [1.82, 2.24) is 9.55 Å². The van der Waals surface area contributed by atoms with Gasteiger partial charge in [0.2, 0.25) is 5.91 Å². The lowest BCUT2D eigenvalue weighted by molar-refractivity contribution is -0.118. The van der Waals surface area contributed by atoms with Crippen LogP contribution in [0.1, 0.15) is 33.8 Å². The lowest BCUT2D eigenvalue weighted by atomic mass is 10.2. The summed E-state index contributed by atoms with van der Waals surface area (Å²) in [5, 5.41) is 12.7. The molecule has 0 spiro atoms. The van der Waals surface area contributed by atoms with E-state index in [0.29, 0.717) is 21.1 Å². The molecule has 9 heteroatoms. The van der Waals surface area contributed by atoms with Crippen molar-refractivity contribution >= 4 is 50.7 Å². The van der Waals surface area contributed by atoms with Gasteiger partial charge in [-0.05, 0) is 44.0 Å². The predicted molar refractivity (Wildman–Crippen MR) is 105 cm³/mol. The molecule has 0 aliphatic heterocycles. The highest BCUT2D eigenvalue weighted by Gasteiger charge is 2.23. The van der Waals surface area contributed by atoms with Crippen LogP contribution in [0.5, 0.6) is 0 Å². The number of hydrogen-bond donors (Lipinski definition) is 2. The average Bonchev–Trinajstić information content (AvgIpc) is 2.96. The van der Waals surface area contributed by atoms with E-state index in [-0.39, 0.29) is 10.3 Å². The zero-order valence-electron chi connectivity index (χ0n) is 14.7. The number of fused-ring (bicyclic) bond motifs is 1. The summed E-state index contributed by atoms with van der Waals surface area (Å²) in [5.41, 5.74) is 1.18. The maximum atomic E-state index is 12.8. The van der Waals surface area contributed by atoms with Crippen LogP contribution in [0.25, 0.3) is 10.2 Å². The van der Waals surface area contributed by atoms with Crippen molar-refractivity contribution in [2.75, 3.05) is 5.32 Å². The number of aromatic nitrogens is 2. The van der Waals surface area contributed by atoms with Crippen LogP contribution in [0.3, 0.4) is 0 Å². The second-order valence-electron chi connectivity index (χ2n) is 6.08. The summed E-state index contributed by atoms with van der Waals surface area (Å²) >= 11 is 7.01. The van der Waals surface area contributed by atoms with Crippen molar-refractivity contribution in [3.05, 3.63) is 55.9 Å². The molecular weight excluding hydrogens is 390 g/mol. The number of nitrogens with one attached hydrogen (secondary N) is 1. The van der Waals surface area contributed by atoms with Crippen LogP contribution in [-0.2, 0) is 4.79 Å². The van der Waals surface area contributed by atoms with E-state index in [0.717, 1.165) is 16.9 Å². The standard InChI is InChI=1S/C18H16ClN3O4S/c1-8-11(19)5-4-6-12(8)21-15(23)10(3)22-7-20-16-13(17(22)24)9(2)14(27-16)18(25)26/h4-7,10H,1-3H3,(H,21,23)(H,25,26). The first-order chi connectivity index (χ1) is 12.7. The number of carboxylic acid groups (broad SMARTS) is 1. The van der Waals surface area contributed by atoms with Crippen LogP contribution in [0.15, 0.2) is 29.3 Å². The van der Waals surface area contributed by atoms with Gasteiger partial charge in [-0.15, -0.1) is 11.3 Å². The van der Waals surface area contributed by atoms with Crippen molar-refractivity contribution in [1.29, 1.82) is 0 Å². The van der Waals surface area contributed by atoms with Gasteiger partial charge < -0.3 is 10.4 Å². The molecule has 0 saturated carbocycles. The largest absolute Gasteiger partial charge is 0.477 e. The molecule has 2 N–H and O–H groups in total. The van der Waals surface area contributed by atoms with Crippen LogP contribution < -0.4 is 10.9 Å². The molecule has 1 aromatic carbocycles. The Bertz CT molecular complexity index is 1140. The summed E-state index contributed by atoms with van der Waals surface area (Å²) < 4.78 is 1.20. The van der Waals surface area contributed by atoms with Gasteiger partial charge in [0.15, 0.2) is 0 Å². The molecule has 0 aliphatic carbocycles. The molecule has 2 heterocycles. The Balaban J connectivity index is 1.99. The summed E-state index contributed by atoms with van der Waals surface area (Å²) in [4.78, 5) is 41.3. The number of nitrogens with zero attached hydrogens (tertiary/aromatic N) is 2. The van der Waals surface area contributed by atoms with Gasteiger partial charge in [0, 0.05) is 10.7 Å². The minimum atomic E-state index is -1.11. The third-order valence-corrected chi connectivity index (χ3v) is 5.99. The van der Waals surface area contributed by atoms with Crippen LogP contribution >= 0.6 is 22.9 Å². The minimum absolute atomic E-state index is 0.0685. The molecule has 2 aromatic heterocycles. The topological polar surface area (TPSA) is 101 Å². The molecule has 0 bridgehead atoms. The molecule has 1 amide bonds. The molecule has 0 radical (unpaired) electrons. The van der Waals surface area contributed by atoms with Gasteiger partial charge in [0.05, 0.1) is 11.7 Å². The van der Waals surface area contributed by atoms with Crippen molar-refractivity contribution in [2.24, 2.45) is 0 Å². The molecule has 140 valence electrons. The van der Waals surface area contributed by atoms with Gasteiger partial charge in [0.25, 0.3) is 5.56 Å². The lowest BCUT2D eigenvalue weighted by Crippen LogP contribution is -2.32. The fourth-order valence-corrected chi connectivity index (χ4v) is 3.88. The number of amides is 1. The first-order valence-corrected chi connectivity index (χ1v) is 9.21. The number of hydrogen-bond acceptors (Lipinski definition) is 5. The Kier molecular flexibility index (Phi) is 5.03. The number of carboxylic acids is 1. The molecule has 1 unspecified atom stereocenters. The monoisotopic (exact) mass is 405 g/mol. The van der Waals surface area contributed by atoms with Crippen LogP contribution in [-0.4, -0.2) is 26.5 Å². The summed E-state index contributed by atoms with van der Waals surface area (Å²) in [6.45, 7) is 4.92. The Morgan fingerprint density at radius 1 is 1.30 bits per heavy atom. The highest BCUT2D eigenvalue weighted by atomic mass is 35.5. The molecular formula is C18H16ClN3O4S. The lowest BCUT2D eigenvalue weighted by Gasteiger charge is -2.16. The minimum Gasteiger partial charge on any atom is -0.477 e. The van der Waals surface area contributed by atoms with Gasteiger partial charge in [-0.3, -0.25) is 14.2 Å². The number of rotatable bonds is 4. The highest BCUT2D eigenvalue weighted by molar-refractivity contribution is 7.20. The Hall–Kier alpha value is -2.71. The fraction of sp³-hybridized carbons (Fsp3) is 0.222. The first-order valence-electron chi connectivity index (χ1n) is 8.02. The molecule has 27 heavy (non-hydrogen) atoms. The second-order valence-corrected chi connectivity index (χ2v) is 7.48. The quantitative estimate of drug-likeness (QED) is 0.690. The van der Waals surface area contributed by atoms with E-state index in [1.807, 2.05) is 0 Å². The van der Waals surface area contributed by atoms with Crippen LogP contribution in [0.4, 0.5) is 5.69 Å². The summed E-state index contributed by atoms with van der Waals surface area (Å²) in [7, 11) is 0. The smallest absolute Gasteiger partial charge is 0.346 e. The van der Waals surface area contributed by atoms with Crippen LogP contribution in [0.2, 0.25) is 5.02 Å². The van der Waals surface area contributed by atoms with Crippen LogP contribution in [0, 0.1) is 13.8 Å². The van der Waals surface area contributed by atoms with Gasteiger partial charge in [-0.25, -0.2) is 9.78 Å².